The van der Waals surface area contributed by atoms with Crippen molar-refractivity contribution >= 4 is 10.4 Å². The van der Waals surface area contributed by atoms with Gasteiger partial charge in [0.05, 0.1) is 6.61 Å². The lowest BCUT2D eigenvalue weighted by Crippen LogP contribution is -2.22. The third kappa shape index (κ3) is 41.4. The van der Waals surface area contributed by atoms with E-state index in [0.717, 1.165) is 6.42 Å². The van der Waals surface area contributed by atoms with Crippen molar-refractivity contribution in [2.24, 2.45) is 5.73 Å². The van der Waals surface area contributed by atoms with Crippen LogP contribution in [0.25, 0.3) is 0 Å². The Balaban J connectivity index is 0. The molecule has 0 aromatic heterocycles. The normalized spacial score (nSPS) is 13.2. The van der Waals surface area contributed by atoms with E-state index in [1.54, 1.807) is 0 Å². The summed E-state index contributed by atoms with van der Waals surface area (Å²) in [5, 5.41) is 8.21. The fraction of sp³-hybridized carbons (Fsp3) is 1.00. The van der Waals surface area contributed by atoms with Crippen molar-refractivity contribution in [3.63, 3.8) is 0 Å². The van der Waals surface area contributed by atoms with Crippen molar-refractivity contribution < 1.29 is 22.6 Å². The molecule has 0 aliphatic rings. The van der Waals surface area contributed by atoms with Crippen molar-refractivity contribution in [1.82, 2.24) is 0 Å². The Morgan fingerprint density at radius 2 is 1.73 bits per heavy atom. The number of rotatable bonds is 2. The van der Waals surface area contributed by atoms with Gasteiger partial charge in [-0.1, -0.05) is 6.92 Å². The first-order valence-electron chi connectivity index (χ1n) is 2.87. The van der Waals surface area contributed by atoms with Crippen molar-refractivity contribution in [2.45, 2.75) is 19.4 Å². The molecule has 0 fully saturated rings. The van der Waals surface area contributed by atoms with Crippen LogP contribution in [0.4, 0.5) is 0 Å². The zero-order valence-electron chi connectivity index (χ0n) is 6.14. The molecule has 0 heterocycles. The summed E-state index contributed by atoms with van der Waals surface area (Å²) in [6, 6.07) is -0.00926. The van der Waals surface area contributed by atoms with Gasteiger partial charge in [-0.2, -0.15) is 8.42 Å². The number of aliphatic hydroxyl groups is 1. The lowest BCUT2D eigenvalue weighted by molar-refractivity contribution is 0.263. The first kappa shape index (κ1) is 13.4. The molecule has 0 aliphatic heterocycles. The van der Waals surface area contributed by atoms with Gasteiger partial charge in [-0.25, -0.2) is 0 Å². The molecule has 0 aliphatic carbocycles. The fourth-order valence-corrected chi connectivity index (χ4v) is 0.129. The summed E-state index contributed by atoms with van der Waals surface area (Å²) in [6.45, 7) is 2.05. The largest absolute Gasteiger partial charge is 0.395 e. The third-order valence-corrected chi connectivity index (χ3v) is 0.759. The van der Waals surface area contributed by atoms with E-state index in [9.17, 15) is 0 Å². The molecule has 7 heteroatoms. The molecule has 0 saturated heterocycles. The van der Waals surface area contributed by atoms with Crippen LogP contribution in [0.5, 0.6) is 0 Å². The van der Waals surface area contributed by atoms with Crippen LogP contribution in [0.2, 0.25) is 0 Å². The van der Waals surface area contributed by atoms with Crippen LogP contribution in [0, 0.1) is 0 Å². The minimum atomic E-state index is -4.67. The molecule has 0 spiro atoms. The average Bonchev–Trinajstić information content (AvgIpc) is 1.83. The highest BCUT2D eigenvalue weighted by Gasteiger charge is 1.90. The Morgan fingerprint density at radius 1 is 1.45 bits per heavy atom. The van der Waals surface area contributed by atoms with Gasteiger partial charge < -0.3 is 10.8 Å². The quantitative estimate of drug-likeness (QED) is 0.414. The van der Waals surface area contributed by atoms with E-state index < -0.39 is 10.4 Å². The molecule has 70 valence electrons. The second-order valence-electron chi connectivity index (χ2n) is 1.80. The number of hydrogen-bond acceptors (Lipinski definition) is 4. The first-order valence-corrected chi connectivity index (χ1v) is 4.27. The van der Waals surface area contributed by atoms with Gasteiger partial charge in [0.1, 0.15) is 0 Å². The zero-order valence-corrected chi connectivity index (χ0v) is 6.95. The summed E-state index contributed by atoms with van der Waals surface area (Å²) in [4.78, 5) is 0. The van der Waals surface area contributed by atoms with Gasteiger partial charge >= 0.3 is 10.4 Å². The lowest BCUT2D eigenvalue weighted by atomic mass is 10.3. The summed E-state index contributed by atoms with van der Waals surface area (Å²) in [5.41, 5.74) is 5.22. The first-order chi connectivity index (χ1) is 4.81. The van der Waals surface area contributed by atoms with Crippen LogP contribution in [0.1, 0.15) is 13.3 Å². The highest BCUT2D eigenvalue weighted by atomic mass is 32.3. The SMILES string of the molecule is CCC(N)CO.O=S(=O)(O)O. The molecule has 0 radical (unpaired) electrons. The zero-order chi connectivity index (χ0) is 9.49. The van der Waals surface area contributed by atoms with Gasteiger partial charge in [-0.05, 0) is 6.42 Å². The van der Waals surface area contributed by atoms with E-state index in [-0.39, 0.29) is 12.6 Å². The van der Waals surface area contributed by atoms with Crippen LogP contribution in [0.3, 0.4) is 0 Å². The van der Waals surface area contributed by atoms with Crippen LogP contribution in [-0.2, 0) is 10.4 Å². The van der Waals surface area contributed by atoms with Crippen LogP contribution in [0.15, 0.2) is 0 Å². The molecule has 11 heavy (non-hydrogen) atoms. The second-order valence-corrected chi connectivity index (χ2v) is 2.69. The third-order valence-electron chi connectivity index (χ3n) is 0.759. The second kappa shape index (κ2) is 6.50. The van der Waals surface area contributed by atoms with Gasteiger partial charge in [0.2, 0.25) is 0 Å². The summed E-state index contributed by atoms with van der Waals surface area (Å²) >= 11 is 0. The van der Waals surface area contributed by atoms with Crippen molar-refractivity contribution in [1.29, 1.82) is 0 Å². The number of aliphatic hydroxyl groups excluding tert-OH is 1. The Hall–Kier alpha value is -0.210. The smallest absolute Gasteiger partial charge is 0.394 e. The highest BCUT2D eigenvalue weighted by molar-refractivity contribution is 7.79. The molecule has 0 aromatic rings. The number of nitrogens with two attached hydrogens (primary N) is 1. The van der Waals surface area contributed by atoms with Crippen molar-refractivity contribution in [3.05, 3.63) is 0 Å². The van der Waals surface area contributed by atoms with Gasteiger partial charge in [0, 0.05) is 6.04 Å². The molecule has 1 atom stereocenters. The lowest BCUT2D eigenvalue weighted by Gasteiger charge is -1.98. The summed E-state index contributed by atoms with van der Waals surface area (Å²) < 4.78 is 31.6. The average molecular weight is 187 g/mol. The summed E-state index contributed by atoms with van der Waals surface area (Å²) in [7, 11) is -4.67. The molecule has 0 rings (SSSR count). The summed E-state index contributed by atoms with van der Waals surface area (Å²) in [5.74, 6) is 0. The van der Waals surface area contributed by atoms with Crippen molar-refractivity contribution in [3.8, 4) is 0 Å². The molecule has 6 nitrogen and oxygen atoms in total. The monoisotopic (exact) mass is 187 g/mol. The molecule has 0 bridgehead atoms. The predicted octanol–water partition coefficient (Wildman–Crippen LogP) is -0.937. The van der Waals surface area contributed by atoms with E-state index in [2.05, 4.69) is 0 Å². The fourth-order valence-electron chi connectivity index (χ4n) is 0.129. The minimum absolute atomic E-state index is 0.00926. The van der Waals surface area contributed by atoms with Gasteiger partial charge in [-0.15, -0.1) is 0 Å². The van der Waals surface area contributed by atoms with E-state index in [1.807, 2.05) is 6.92 Å². The molecule has 0 saturated carbocycles. The maximum atomic E-state index is 8.74. The Kier molecular flexibility index (Phi) is 7.91. The molecule has 5 N–H and O–H groups in total. The Bertz CT molecular complexity index is 153. The predicted molar refractivity (Wildman–Crippen MR) is 39.5 cm³/mol. The molecule has 0 amide bonds. The Morgan fingerprint density at radius 3 is 1.73 bits per heavy atom. The van der Waals surface area contributed by atoms with E-state index in [1.165, 1.54) is 0 Å². The van der Waals surface area contributed by atoms with E-state index in [0.29, 0.717) is 0 Å². The van der Waals surface area contributed by atoms with Crippen LogP contribution in [-0.4, -0.2) is 35.3 Å². The molecular weight excluding hydrogens is 174 g/mol. The highest BCUT2D eigenvalue weighted by Crippen LogP contribution is 1.79. The van der Waals surface area contributed by atoms with Gasteiger partial charge in [-0.3, -0.25) is 9.11 Å². The standard InChI is InChI=1S/C4H11NO.H2O4S/c1-2-4(5)3-6;1-5(2,3)4/h4,6H,2-3,5H2,1H3;(H2,1,2,3,4). The molecule has 0 aromatic carbocycles. The minimum Gasteiger partial charge on any atom is -0.395 e. The van der Waals surface area contributed by atoms with Gasteiger partial charge in [0.15, 0.2) is 0 Å². The van der Waals surface area contributed by atoms with Crippen LogP contribution < -0.4 is 5.73 Å². The maximum absolute atomic E-state index is 8.74. The Labute approximate surface area is 65.6 Å². The number of hydrogen-bond donors (Lipinski definition) is 4. The summed E-state index contributed by atoms with van der Waals surface area (Å²) in [6.07, 6.45) is 0.858. The molecule has 1 unspecified atom stereocenters. The topological polar surface area (TPSA) is 121 Å². The van der Waals surface area contributed by atoms with E-state index in [4.69, 9.17) is 28.4 Å². The molecular formula is C4H13NO5S. The van der Waals surface area contributed by atoms with Gasteiger partial charge in [0.25, 0.3) is 0 Å². The van der Waals surface area contributed by atoms with E-state index >= 15 is 0 Å². The maximum Gasteiger partial charge on any atom is 0.394 e. The van der Waals surface area contributed by atoms with Crippen LogP contribution >= 0.6 is 0 Å². The van der Waals surface area contributed by atoms with Crippen molar-refractivity contribution in [2.75, 3.05) is 6.61 Å².